The average molecular weight is 179 g/mol. The highest BCUT2D eigenvalue weighted by atomic mass is 16.1. The molecule has 0 fully saturated rings. The van der Waals surface area contributed by atoms with Crippen molar-refractivity contribution in [3.63, 3.8) is 0 Å². The van der Waals surface area contributed by atoms with Gasteiger partial charge in [-0.05, 0) is 25.0 Å². The molecule has 4 heteroatoms. The van der Waals surface area contributed by atoms with Crippen LogP contribution >= 0.6 is 0 Å². The van der Waals surface area contributed by atoms with E-state index in [1.165, 1.54) is 6.92 Å². The third-order valence-electron chi connectivity index (χ3n) is 1.99. The molecule has 0 saturated carbocycles. The number of carbonyl (C=O) groups is 1. The van der Waals surface area contributed by atoms with E-state index in [0.29, 0.717) is 5.82 Å². The molecule has 3 N–H and O–H groups in total. The molecule has 0 aliphatic heterocycles. The first kappa shape index (κ1) is 9.51. The Morgan fingerprint density at radius 1 is 1.46 bits per heavy atom. The maximum absolute atomic E-state index is 10.8. The minimum absolute atomic E-state index is 0.103. The highest BCUT2D eigenvalue weighted by Gasteiger charge is 2.05. The van der Waals surface area contributed by atoms with Gasteiger partial charge in [0.15, 0.2) is 0 Å². The molecule has 0 aliphatic rings. The van der Waals surface area contributed by atoms with Gasteiger partial charge in [-0.3, -0.25) is 4.79 Å². The Morgan fingerprint density at radius 2 is 2.08 bits per heavy atom. The first-order chi connectivity index (χ1) is 6.02. The summed E-state index contributed by atoms with van der Waals surface area (Å²) in [6.07, 6.45) is 1.57. The minimum Gasteiger partial charge on any atom is -0.383 e. The van der Waals surface area contributed by atoms with Crippen molar-refractivity contribution in [2.24, 2.45) is 0 Å². The normalized spacial score (nSPS) is 9.77. The van der Waals surface area contributed by atoms with Crippen LogP contribution in [0.1, 0.15) is 18.1 Å². The van der Waals surface area contributed by atoms with Gasteiger partial charge in [0, 0.05) is 6.92 Å². The van der Waals surface area contributed by atoms with Gasteiger partial charge in [0.1, 0.15) is 5.82 Å². The van der Waals surface area contributed by atoms with Crippen molar-refractivity contribution in [1.29, 1.82) is 0 Å². The number of nitrogen functional groups attached to an aromatic ring is 1. The number of nitrogens with one attached hydrogen (secondary N) is 1. The summed E-state index contributed by atoms with van der Waals surface area (Å²) in [5.74, 6) is 0.403. The fourth-order valence-corrected chi connectivity index (χ4v) is 1.04. The van der Waals surface area contributed by atoms with Gasteiger partial charge in [-0.25, -0.2) is 4.98 Å². The predicted molar refractivity (Wildman–Crippen MR) is 52.4 cm³/mol. The zero-order valence-electron chi connectivity index (χ0n) is 8.01. The number of pyridine rings is 1. The second-order valence-electron chi connectivity index (χ2n) is 2.99. The van der Waals surface area contributed by atoms with E-state index >= 15 is 0 Å². The molecule has 0 unspecified atom stereocenters. The van der Waals surface area contributed by atoms with Crippen molar-refractivity contribution in [2.45, 2.75) is 20.8 Å². The molecule has 1 aromatic heterocycles. The molecule has 1 rings (SSSR count). The molecule has 1 heterocycles. The van der Waals surface area contributed by atoms with Gasteiger partial charge in [0.25, 0.3) is 0 Å². The van der Waals surface area contributed by atoms with Crippen LogP contribution in [0.3, 0.4) is 0 Å². The molecule has 1 amide bonds. The summed E-state index contributed by atoms with van der Waals surface area (Å²) in [6, 6.07) is 0. The fraction of sp³-hybridized carbons (Fsp3) is 0.333. The van der Waals surface area contributed by atoms with E-state index < -0.39 is 0 Å². The number of aromatic nitrogens is 1. The standard InChI is InChI=1S/C9H13N3O/c1-5-6(2)9(10)11-4-8(5)12-7(3)13/h4H,1-3H3,(H2,10,11)(H,12,13). The van der Waals surface area contributed by atoms with Gasteiger partial charge in [-0.15, -0.1) is 0 Å². The molecule has 0 radical (unpaired) electrons. The highest BCUT2D eigenvalue weighted by Crippen LogP contribution is 2.20. The van der Waals surface area contributed by atoms with E-state index in [9.17, 15) is 4.79 Å². The van der Waals surface area contributed by atoms with Crippen molar-refractivity contribution < 1.29 is 4.79 Å². The first-order valence-corrected chi connectivity index (χ1v) is 4.01. The van der Waals surface area contributed by atoms with Crippen molar-refractivity contribution in [2.75, 3.05) is 11.1 Å². The van der Waals surface area contributed by atoms with Crippen LogP contribution in [-0.2, 0) is 4.79 Å². The van der Waals surface area contributed by atoms with Crippen LogP contribution in [0.25, 0.3) is 0 Å². The lowest BCUT2D eigenvalue weighted by Gasteiger charge is -2.09. The van der Waals surface area contributed by atoms with E-state index in [1.54, 1.807) is 6.20 Å². The molecule has 1 aromatic rings. The number of amides is 1. The largest absolute Gasteiger partial charge is 0.383 e. The molecule has 4 nitrogen and oxygen atoms in total. The number of hydrogen-bond acceptors (Lipinski definition) is 3. The van der Waals surface area contributed by atoms with Crippen LogP contribution < -0.4 is 11.1 Å². The second kappa shape index (κ2) is 3.43. The number of rotatable bonds is 1. The third-order valence-corrected chi connectivity index (χ3v) is 1.99. The van der Waals surface area contributed by atoms with Crippen LogP contribution in [0.5, 0.6) is 0 Å². The minimum atomic E-state index is -0.103. The number of nitrogens with zero attached hydrogens (tertiary/aromatic N) is 1. The van der Waals surface area contributed by atoms with Crippen LogP contribution in [0, 0.1) is 13.8 Å². The Labute approximate surface area is 77.2 Å². The molecule has 0 saturated heterocycles. The Hall–Kier alpha value is -1.58. The predicted octanol–water partition coefficient (Wildman–Crippen LogP) is 1.24. The Morgan fingerprint density at radius 3 is 2.62 bits per heavy atom. The van der Waals surface area contributed by atoms with E-state index in [4.69, 9.17) is 5.73 Å². The zero-order chi connectivity index (χ0) is 10.0. The van der Waals surface area contributed by atoms with Crippen molar-refractivity contribution in [1.82, 2.24) is 4.98 Å². The molecule has 0 atom stereocenters. The van der Waals surface area contributed by atoms with E-state index in [-0.39, 0.29) is 5.91 Å². The SMILES string of the molecule is CC(=O)Nc1cnc(N)c(C)c1C. The smallest absolute Gasteiger partial charge is 0.221 e. The molecule has 0 spiro atoms. The van der Waals surface area contributed by atoms with Gasteiger partial charge in [-0.2, -0.15) is 0 Å². The summed E-state index contributed by atoms with van der Waals surface area (Å²) in [6.45, 7) is 5.24. The van der Waals surface area contributed by atoms with Crippen LogP contribution in [-0.4, -0.2) is 10.9 Å². The molecular weight excluding hydrogens is 166 g/mol. The number of nitrogens with two attached hydrogens (primary N) is 1. The lowest BCUT2D eigenvalue weighted by molar-refractivity contribution is -0.114. The van der Waals surface area contributed by atoms with E-state index in [2.05, 4.69) is 10.3 Å². The third kappa shape index (κ3) is 1.96. The lowest BCUT2D eigenvalue weighted by atomic mass is 10.1. The molecule has 0 aromatic carbocycles. The molecule has 70 valence electrons. The van der Waals surface area contributed by atoms with Crippen molar-refractivity contribution in [3.05, 3.63) is 17.3 Å². The Bertz CT molecular complexity index is 347. The summed E-state index contributed by atoms with van der Waals surface area (Å²) in [5.41, 5.74) is 8.19. The van der Waals surface area contributed by atoms with Gasteiger partial charge in [0.05, 0.1) is 11.9 Å². The lowest BCUT2D eigenvalue weighted by Crippen LogP contribution is -2.09. The zero-order valence-corrected chi connectivity index (χ0v) is 8.01. The summed E-state index contributed by atoms with van der Waals surface area (Å²) < 4.78 is 0. The number of carbonyl (C=O) groups excluding carboxylic acids is 1. The molecule has 0 aliphatic carbocycles. The van der Waals surface area contributed by atoms with Crippen LogP contribution in [0.4, 0.5) is 11.5 Å². The van der Waals surface area contributed by atoms with Crippen LogP contribution in [0.2, 0.25) is 0 Å². The maximum Gasteiger partial charge on any atom is 0.221 e. The Balaban J connectivity index is 3.10. The summed E-state index contributed by atoms with van der Waals surface area (Å²) in [4.78, 5) is 14.7. The first-order valence-electron chi connectivity index (χ1n) is 4.01. The van der Waals surface area contributed by atoms with Gasteiger partial charge in [-0.1, -0.05) is 0 Å². The van der Waals surface area contributed by atoms with Gasteiger partial charge in [0.2, 0.25) is 5.91 Å². The van der Waals surface area contributed by atoms with E-state index in [1.807, 2.05) is 13.8 Å². The quantitative estimate of drug-likeness (QED) is 0.681. The molecule has 0 bridgehead atoms. The maximum atomic E-state index is 10.8. The monoisotopic (exact) mass is 179 g/mol. The summed E-state index contributed by atoms with van der Waals surface area (Å²) in [7, 11) is 0. The molecular formula is C9H13N3O. The second-order valence-corrected chi connectivity index (χ2v) is 2.99. The van der Waals surface area contributed by atoms with Crippen molar-refractivity contribution >= 4 is 17.4 Å². The average Bonchev–Trinajstić information content (AvgIpc) is 2.06. The van der Waals surface area contributed by atoms with E-state index in [0.717, 1.165) is 16.8 Å². The fourth-order valence-electron chi connectivity index (χ4n) is 1.04. The van der Waals surface area contributed by atoms with Crippen LogP contribution in [0.15, 0.2) is 6.20 Å². The van der Waals surface area contributed by atoms with Crippen molar-refractivity contribution in [3.8, 4) is 0 Å². The number of anilines is 2. The van der Waals surface area contributed by atoms with Gasteiger partial charge >= 0.3 is 0 Å². The topological polar surface area (TPSA) is 68.0 Å². The molecule has 13 heavy (non-hydrogen) atoms. The summed E-state index contributed by atoms with van der Waals surface area (Å²) >= 11 is 0. The Kier molecular flexibility index (Phi) is 2.51. The highest BCUT2D eigenvalue weighted by molar-refractivity contribution is 5.89. The van der Waals surface area contributed by atoms with Gasteiger partial charge < -0.3 is 11.1 Å². The summed E-state index contributed by atoms with van der Waals surface area (Å²) in [5, 5.41) is 2.68. The number of hydrogen-bond donors (Lipinski definition) is 2.